The van der Waals surface area contributed by atoms with E-state index in [0.717, 1.165) is 12.8 Å². The second-order valence-corrected chi connectivity index (χ2v) is 8.09. The van der Waals surface area contributed by atoms with Crippen molar-refractivity contribution in [2.75, 3.05) is 0 Å². The molecule has 0 atom stereocenters. The van der Waals surface area contributed by atoms with Crippen LogP contribution in [-0.4, -0.2) is 0 Å². The fourth-order valence-electron chi connectivity index (χ4n) is 4.11. The average Bonchev–Trinajstić information content (AvgIpc) is 3.10. The Labute approximate surface area is 210 Å². The molecule has 152 valence electrons. The van der Waals surface area contributed by atoms with Crippen molar-refractivity contribution in [3.8, 4) is 0 Å². The molecule has 0 amide bonds. The van der Waals surface area contributed by atoms with Crippen LogP contribution in [-0.2, 0) is 32.3 Å². The van der Waals surface area contributed by atoms with Crippen LogP contribution >= 0.6 is 0 Å². The van der Waals surface area contributed by atoms with E-state index in [0.29, 0.717) is 0 Å². The first-order valence-corrected chi connectivity index (χ1v) is 10.3. The number of rotatable bonds is 5. The zero-order valence-corrected chi connectivity index (χ0v) is 20.6. The monoisotopic (exact) mass is 488 g/mol. The summed E-state index contributed by atoms with van der Waals surface area (Å²) >= 11 is 2.31. The Hall–Kier alpha value is -1.28. The summed E-state index contributed by atoms with van der Waals surface area (Å²) in [6.07, 6.45) is 4.46. The minimum absolute atomic E-state index is 0. The molecule has 0 nitrogen and oxygen atoms in total. The molecule has 3 aromatic carbocycles. The van der Waals surface area contributed by atoms with Gasteiger partial charge in [-0.25, -0.2) is 0 Å². The minimum Gasteiger partial charge on any atom is -1.00 e. The van der Waals surface area contributed by atoms with Gasteiger partial charge >= 0.3 is 174 Å². The van der Waals surface area contributed by atoms with Gasteiger partial charge in [-0.15, -0.1) is 0 Å². The van der Waals surface area contributed by atoms with Crippen LogP contribution in [0.25, 0.3) is 0 Å². The quantitative estimate of drug-likeness (QED) is 0.345. The molecule has 0 aliphatic heterocycles. The Kier molecular flexibility index (Phi) is 10.6. The Balaban J connectivity index is 0.00000150. The molecule has 3 aromatic rings. The SMILES string of the molecule is CC(C1=[C]([Ti+3])C(Cc2ccccc2)=CC1)(c1ccccc1)c1ccccc1.[Cl-].[Cl-].[Cl-]. The first-order chi connectivity index (χ1) is 13.2. The summed E-state index contributed by atoms with van der Waals surface area (Å²) in [6.45, 7) is 2.38. The van der Waals surface area contributed by atoms with Gasteiger partial charge in [0, 0.05) is 0 Å². The van der Waals surface area contributed by atoms with E-state index in [1.54, 1.807) is 0 Å². The van der Waals surface area contributed by atoms with Gasteiger partial charge in [0.1, 0.15) is 0 Å². The molecule has 0 saturated heterocycles. The Morgan fingerprint density at radius 3 is 1.60 bits per heavy atom. The van der Waals surface area contributed by atoms with Crippen molar-refractivity contribution in [1.29, 1.82) is 0 Å². The Bertz CT molecular complexity index is 941. The molecule has 0 unspecified atom stereocenters. The van der Waals surface area contributed by atoms with Crippen LogP contribution in [0, 0.1) is 0 Å². The number of halogens is 3. The normalized spacial score (nSPS) is 13.0. The zero-order chi connectivity index (χ0) is 18.7. The van der Waals surface area contributed by atoms with Crippen molar-refractivity contribution in [2.24, 2.45) is 0 Å². The summed E-state index contributed by atoms with van der Waals surface area (Å²) in [7, 11) is 0. The first kappa shape index (κ1) is 26.8. The molecule has 4 rings (SSSR count). The van der Waals surface area contributed by atoms with E-state index < -0.39 is 0 Å². The van der Waals surface area contributed by atoms with Crippen LogP contribution in [0.4, 0.5) is 0 Å². The molecular weight excluding hydrogens is 467 g/mol. The smallest absolute Gasteiger partial charge is 1.00 e. The van der Waals surface area contributed by atoms with Crippen molar-refractivity contribution >= 4 is 0 Å². The van der Waals surface area contributed by atoms with Crippen LogP contribution in [0.15, 0.2) is 112 Å². The third-order valence-corrected chi connectivity index (χ3v) is 6.69. The number of benzene rings is 3. The predicted octanol–water partition coefficient (Wildman–Crippen LogP) is -2.62. The molecule has 0 radical (unpaired) electrons. The minimum atomic E-state index is -0.110. The molecule has 4 heteroatoms. The zero-order valence-electron chi connectivity index (χ0n) is 16.8. The van der Waals surface area contributed by atoms with Crippen molar-refractivity contribution in [1.82, 2.24) is 0 Å². The van der Waals surface area contributed by atoms with Crippen molar-refractivity contribution in [2.45, 2.75) is 25.2 Å². The van der Waals surface area contributed by atoms with Crippen LogP contribution in [0.2, 0.25) is 0 Å². The third-order valence-electron chi connectivity index (χ3n) is 5.72. The maximum atomic E-state index is 2.43. The van der Waals surface area contributed by atoms with Crippen LogP contribution in [0.5, 0.6) is 0 Å². The van der Waals surface area contributed by atoms with Gasteiger partial charge in [-0.05, 0) is 0 Å². The Morgan fingerprint density at radius 2 is 1.13 bits per heavy atom. The van der Waals surface area contributed by atoms with Crippen molar-refractivity contribution in [3.63, 3.8) is 0 Å². The van der Waals surface area contributed by atoms with E-state index in [2.05, 4.69) is 124 Å². The van der Waals surface area contributed by atoms with E-state index in [1.165, 1.54) is 31.7 Å². The standard InChI is InChI=1S/C26H23.3ClH.Ti/c1-26(23-13-7-3-8-14-23,24-15-9-4-10-16-24)25-18-17-22(20-25)19-21-11-5-2-6-12-21;;;;/h2-17H,18-19H2,1H3;3*1H;/q;;;;+3/p-3. The summed E-state index contributed by atoms with van der Waals surface area (Å²) in [6, 6.07) is 32.7. The molecule has 0 fully saturated rings. The van der Waals surface area contributed by atoms with Crippen LogP contribution in [0.3, 0.4) is 0 Å². The Morgan fingerprint density at radius 1 is 0.700 bits per heavy atom. The summed E-state index contributed by atoms with van der Waals surface area (Å²) < 4.78 is 1.45. The fourth-order valence-corrected chi connectivity index (χ4v) is 4.96. The van der Waals surface area contributed by atoms with E-state index in [9.17, 15) is 0 Å². The summed E-state index contributed by atoms with van der Waals surface area (Å²) in [4.78, 5) is 0. The first-order valence-electron chi connectivity index (χ1n) is 9.49. The maximum Gasteiger partial charge on any atom is -1.00 e. The molecule has 1 aliphatic carbocycles. The number of allylic oxidation sites excluding steroid dienone is 4. The van der Waals surface area contributed by atoms with E-state index in [1.807, 2.05) is 0 Å². The topological polar surface area (TPSA) is 0 Å². The van der Waals surface area contributed by atoms with Gasteiger partial charge in [-0.2, -0.15) is 0 Å². The molecule has 0 aromatic heterocycles. The molecular formula is C26H23Cl3Ti. The summed E-state index contributed by atoms with van der Waals surface area (Å²) in [5.74, 6) is 0. The number of hydrogen-bond donors (Lipinski definition) is 0. The van der Waals surface area contributed by atoms with Crippen LogP contribution in [0.1, 0.15) is 30.0 Å². The molecule has 0 saturated carbocycles. The average molecular weight is 490 g/mol. The molecule has 1 aliphatic rings. The van der Waals surface area contributed by atoms with Crippen molar-refractivity contribution in [3.05, 3.63) is 129 Å². The number of hydrogen-bond acceptors (Lipinski definition) is 0. The van der Waals surface area contributed by atoms with Crippen molar-refractivity contribution < 1.29 is 57.7 Å². The second-order valence-electron chi connectivity index (χ2n) is 7.31. The van der Waals surface area contributed by atoms with Crippen LogP contribution < -0.4 is 37.2 Å². The molecule has 0 heterocycles. The van der Waals surface area contributed by atoms with Gasteiger partial charge in [-0.3, -0.25) is 0 Å². The van der Waals surface area contributed by atoms with E-state index >= 15 is 0 Å². The van der Waals surface area contributed by atoms with Gasteiger partial charge in [-0.1, -0.05) is 0 Å². The molecule has 0 spiro atoms. The van der Waals surface area contributed by atoms with Gasteiger partial charge < -0.3 is 37.2 Å². The fraction of sp³-hybridized carbons (Fsp3) is 0.154. The van der Waals surface area contributed by atoms with E-state index in [-0.39, 0.29) is 42.6 Å². The third kappa shape index (κ3) is 5.31. The van der Waals surface area contributed by atoms with Gasteiger partial charge in [0.15, 0.2) is 0 Å². The van der Waals surface area contributed by atoms with Gasteiger partial charge in [0.05, 0.1) is 0 Å². The molecule has 30 heavy (non-hydrogen) atoms. The molecule has 0 N–H and O–H groups in total. The second kappa shape index (κ2) is 11.9. The maximum absolute atomic E-state index is 2.43. The van der Waals surface area contributed by atoms with E-state index in [4.69, 9.17) is 0 Å². The predicted molar refractivity (Wildman–Crippen MR) is 109 cm³/mol. The van der Waals surface area contributed by atoms with Gasteiger partial charge in [0.2, 0.25) is 0 Å². The van der Waals surface area contributed by atoms with Gasteiger partial charge in [0.25, 0.3) is 0 Å². The molecule has 0 bridgehead atoms. The largest absolute Gasteiger partial charge is 1.00 e. The summed E-state index contributed by atoms with van der Waals surface area (Å²) in [5.41, 5.74) is 6.98. The summed E-state index contributed by atoms with van der Waals surface area (Å²) in [5, 5.41) is 0.